The van der Waals surface area contributed by atoms with Gasteiger partial charge in [-0.3, -0.25) is 4.90 Å². The molecule has 2 saturated heterocycles. The molecule has 4 nitrogen and oxygen atoms in total. The number of hydrogen-bond donors (Lipinski definition) is 2. The molecule has 110 valence electrons. The Kier molecular flexibility index (Phi) is 4.24. The molecule has 4 heteroatoms. The van der Waals surface area contributed by atoms with Crippen LogP contribution >= 0.6 is 0 Å². The maximum absolute atomic E-state index is 10.4. The molecule has 2 N–H and O–H groups in total. The number of aliphatic hydroxyl groups excluding tert-OH is 1. The van der Waals surface area contributed by atoms with Gasteiger partial charge < -0.3 is 15.2 Å². The van der Waals surface area contributed by atoms with Crippen LogP contribution in [0.3, 0.4) is 0 Å². The van der Waals surface area contributed by atoms with Gasteiger partial charge in [-0.15, -0.1) is 0 Å². The first-order valence-corrected chi connectivity index (χ1v) is 7.54. The minimum Gasteiger partial charge on any atom is -0.497 e. The second-order valence-corrected chi connectivity index (χ2v) is 5.97. The van der Waals surface area contributed by atoms with Gasteiger partial charge in [0, 0.05) is 25.7 Å². The second kappa shape index (κ2) is 6.12. The van der Waals surface area contributed by atoms with Crippen LogP contribution in [0.4, 0.5) is 0 Å². The van der Waals surface area contributed by atoms with Crippen LogP contribution in [-0.2, 0) is 0 Å². The van der Waals surface area contributed by atoms with E-state index in [2.05, 4.69) is 10.2 Å². The number of nitrogens with one attached hydrogen (secondary N) is 1. The predicted molar refractivity (Wildman–Crippen MR) is 78.9 cm³/mol. The van der Waals surface area contributed by atoms with E-state index in [9.17, 15) is 5.11 Å². The summed E-state index contributed by atoms with van der Waals surface area (Å²) in [6.07, 6.45) is 2.17. The van der Waals surface area contributed by atoms with Crippen LogP contribution in [0.2, 0.25) is 0 Å². The fourth-order valence-electron chi connectivity index (χ4n) is 3.48. The molecule has 3 atom stereocenters. The second-order valence-electron chi connectivity index (χ2n) is 5.97. The monoisotopic (exact) mass is 276 g/mol. The zero-order valence-corrected chi connectivity index (χ0v) is 12.1. The molecule has 20 heavy (non-hydrogen) atoms. The van der Waals surface area contributed by atoms with Crippen molar-refractivity contribution < 1.29 is 9.84 Å². The number of piperidine rings is 1. The Labute approximate surface area is 120 Å². The largest absolute Gasteiger partial charge is 0.497 e. The number of methoxy groups -OCH3 is 1. The maximum Gasteiger partial charge on any atom is 0.119 e. The zero-order valence-electron chi connectivity index (χ0n) is 12.1. The lowest BCUT2D eigenvalue weighted by molar-refractivity contribution is 0.123. The zero-order chi connectivity index (χ0) is 13.9. The van der Waals surface area contributed by atoms with Crippen molar-refractivity contribution in [3.8, 4) is 5.75 Å². The lowest BCUT2D eigenvalue weighted by atomic mass is 9.94. The van der Waals surface area contributed by atoms with Crippen LogP contribution in [0.15, 0.2) is 24.3 Å². The standard InChI is InChI=1S/C16H24N2O2/c1-20-14-6-2-4-12(8-14)16(19)11-18-9-13-5-3-7-17-15(13)10-18/h2,4,6,8,13,15-17,19H,3,5,7,9-11H2,1H3. The fourth-order valence-corrected chi connectivity index (χ4v) is 3.48. The summed E-state index contributed by atoms with van der Waals surface area (Å²) >= 11 is 0. The number of fused-ring (bicyclic) bond motifs is 1. The van der Waals surface area contributed by atoms with Crippen molar-refractivity contribution in [1.29, 1.82) is 0 Å². The van der Waals surface area contributed by atoms with E-state index >= 15 is 0 Å². The molecule has 3 rings (SSSR count). The van der Waals surface area contributed by atoms with Crippen LogP contribution < -0.4 is 10.1 Å². The van der Waals surface area contributed by atoms with Gasteiger partial charge in [-0.1, -0.05) is 12.1 Å². The smallest absolute Gasteiger partial charge is 0.119 e. The number of rotatable bonds is 4. The number of nitrogens with zero attached hydrogens (tertiary/aromatic N) is 1. The first-order valence-electron chi connectivity index (χ1n) is 7.54. The number of ether oxygens (including phenoxy) is 1. The van der Waals surface area contributed by atoms with E-state index in [0.717, 1.165) is 36.9 Å². The molecular weight excluding hydrogens is 252 g/mol. The van der Waals surface area contributed by atoms with E-state index in [-0.39, 0.29) is 0 Å². The Hall–Kier alpha value is -1.10. The molecule has 2 aliphatic rings. The van der Waals surface area contributed by atoms with Gasteiger partial charge in [-0.05, 0) is 43.0 Å². The predicted octanol–water partition coefficient (Wildman–Crippen LogP) is 1.41. The molecule has 1 aromatic carbocycles. The molecule has 2 fully saturated rings. The van der Waals surface area contributed by atoms with Crippen molar-refractivity contribution in [1.82, 2.24) is 10.2 Å². The van der Waals surface area contributed by atoms with E-state index in [1.54, 1.807) is 7.11 Å². The van der Waals surface area contributed by atoms with Crippen LogP contribution in [-0.4, -0.2) is 49.3 Å². The quantitative estimate of drug-likeness (QED) is 0.873. The molecule has 0 saturated carbocycles. The molecule has 0 spiro atoms. The SMILES string of the molecule is COc1cccc(C(O)CN2CC3CCCNC3C2)c1. The van der Waals surface area contributed by atoms with Crippen LogP contribution in [0.5, 0.6) is 5.75 Å². The molecule has 0 amide bonds. The first-order chi connectivity index (χ1) is 9.76. The molecule has 0 aliphatic carbocycles. The van der Waals surface area contributed by atoms with Gasteiger partial charge in [-0.2, -0.15) is 0 Å². The Morgan fingerprint density at radius 3 is 3.15 bits per heavy atom. The lowest BCUT2D eigenvalue weighted by Crippen LogP contribution is -2.40. The summed E-state index contributed by atoms with van der Waals surface area (Å²) < 4.78 is 5.22. The third-order valence-corrected chi connectivity index (χ3v) is 4.58. The van der Waals surface area contributed by atoms with Crippen molar-refractivity contribution in [3.05, 3.63) is 29.8 Å². The normalized spacial score (nSPS) is 28.1. The van der Waals surface area contributed by atoms with E-state index in [0.29, 0.717) is 12.6 Å². The van der Waals surface area contributed by atoms with Gasteiger partial charge in [-0.25, -0.2) is 0 Å². The lowest BCUT2D eigenvalue weighted by Gasteiger charge is -2.24. The molecule has 3 unspecified atom stereocenters. The summed E-state index contributed by atoms with van der Waals surface area (Å²) in [5, 5.41) is 14.0. The third-order valence-electron chi connectivity index (χ3n) is 4.58. The van der Waals surface area contributed by atoms with E-state index in [1.165, 1.54) is 12.8 Å². The van der Waals surface area contributed by atoms with Gasteiger partial charge >= 0.3 is 0 Å². The number of hydrogen-bond acceptors (Lipinski definition) is 4. The molecule has 2 heterocycles. The van der Waals surface area contributed by atoms with Crippen LogP contribution in [0, 0.1) is 5.92 Å². The summed E-state index contributed by atoms with van der Waals surface area (Å²) in [5.74, 6) is 1.57. The van der Waals surface area contributed by atoms with E-state index < -0.39 is 6.10 Å². The topological polar surface area (TPSA) is 44.7 Å². The van der Waals surface area contributed by atoms with Crippen molar-refractivity contribution in [2.45, 2.75) is 25.0 Å². The maximum atomic E-state index is 10.4. The first kappa shape index (κ1) is 13.9. The van der Waals surface area contributed by atoms with Crippen molar-refractivity contribution in [2.24, 2.45) is 5.92 Å². The van der Waals surface area contributed by atoms with E-state index in [4.69, 9.17) is 4.74 Å². The fraction of sp³-hybridized carbons (Fsp3) is 0.625. The summed E-state index contributed by atoms with van der Waals surface area (Å²) in [5.41, 5.74) is 0.937. The minimum absolute atomic E-state index is 0.440. The van der Waals surface area contributed by atoms with Crippen molar-refractivity contribution in [2.75, 3.05) is 33.3 Å². The highest BCUT2D eigenvalue weighted by Gasteiger charge is 2.34. The summed E-state index contributed by atoms with van der Waals surface area (Å²) in [6.45, 7) is 4.03. The highest BCUT2D eigenvalue weighted by molar-refractivity contribution is 5.30. The Morgan fingerprint density at radius 1 is 1.45 bits per heavy atom. The van der Waals surface area contributed by atoms with Gasteiger partial charge in [0.25, 0.3) is 0 Å². The summed E-state index contributed by atoms with van der Waals surface area (Å²) in [4.78, 5) is 2.39. The third kappa shape index (κ3) is 2.97. The molecule has 2 aliphatic heterocycles. The van der Waals surface area contributed by atoms with Crippen molar-refractivity contribution >= 4 is 0 Å². The Bertz CT molecular complexity index is 438. The number of β-amino-alcohol motifs (C(OH)–C–C–N with tert-alkyl or cyclic N) is 1. The van der Waals surface area contributed by atoms with E-state index in [1.807, 2.05) is 24.3 Å². The van der Waals surface area contributed by atoms with Crippen LogP contribution in [0.25, 0.3) is 0 Å². The molecular formula is C16H24N2O2. The van der Waals surface area contributed by atoms with Gasteiger partial charge in [0.15, 0.2) is 0 Å². The summed E-state index contributed by atoms with van der Waals surface area (Å²) in [7, 11) is 1.66. The van der Waals surface area contributed by atoms with Crippen molar-refractivity contribution in [3.63, 3.8) is 0 Å². The summed E-state index contributed by atoms with van der Waals surface area (Å²) in [6, 6.07) is 8.36. The number of likely N-dealkylation sites (tertiary alicyclic amines) is 1. The minimum atomic E-state index is -0.440. The van der Waals surface area contributed by atoms with Gasteiger partial charge in [0.05, 0.1) is 13.2 Å². The average molecular weight is 276 g/mol. The molecule has 1 aromatic rings. The number of aliphatic hydroxyl groups is 1. The highest BCUT2D eigenvalue weighted by atomic mass is 16.5. The van der Waals surface area contributed by atoms with Gasteiger partial charge in [0.2, 0.25) is 0 Å². The van der Waals surface area contributed by atoms with Gasteiger partial charge in [0.1, 0.15) is 5.75 Å². The average Bonchev–Trinajstić information content (AvgIpc) is 2.89. The molecule has 0 bridgehead atoms. The Morgan fingerprint density at radius 2 is 2.35 bits per heavy atom. The highest BCUT2D eigenvalue weighted by Crippen LogP contribution is 2.27. The molecule has 0 radical (unpaired) electrons. The van der Waals surface area contributed by atoms with Crippen LogP contribution in [0.1, 0.15) is 24.5 Å². The number of benzene rings is 1. The molecule has 0 aromatic heterocycles. The Balaban J connectivity index is 1.60.